The minimum Gasteiger partial charge on any atom is -0.331 e. The Morgan fingerprint density at radius 2 is 1.90 bits per heavy atom. The van der Waals surface area contributed by atoms with Crippen LogP contribution in [0.15, 0.2) is 64.8 Å². The summed E-state index contributed by atoms with van der Waals surface area (Å²) >= 11 is 9.24. The molecular formula is C25H38BrClN2. The molecule has 0 amide bonds. The minimum absolute atomic E-state index is 0.751. The summed E-state index contributed by atoms with van der Waals surface area (Å²) in [5.74, 6) is 0.980. The number of imidazole rings is 1. The van der Waals surface area contributed by atoms with Gasteiger partial charge in [0.2, 0.25) is 0 Å². The fourth-order valence-corrected chi connectivity index (χ4v) is 2.19. The molecule has 0 spiro atoms. The first-order chi connectivity index (χ1) is 14.0. The topological polar surface area (TPSA) is 17.8 Å². The lowest BCUT2D eigenvalue weighted by Gasteiger charge is -1.98. The van der Waals surface area contributed by atoms with Crippen molar-refractivity contribution in [2.24, 2.45) is 0 Å². The van der Waals surface area contributed by atoms with E-state index in [2.05, 4.69) is 52.3 Å². The van der Waals surface area contributed by atoms with Gasteiger partial charge in [0.1, 0.15) is 5.82 Å². The van der Waals surface area contributed by atoms with E-state index in [0.717, 1.165) is 35.9 Å². The van der Waals surface area contributed by atoms with Gasteiger partial charge in [-0.1, -0.05) is 85.6 Å². The number of aromatic nitrogens is 2. The van der Waals surface area contributed by atoms with Gasteiger partial charge in [-0.25, -0.2) is 4.98 Å². The molecule has 0 fully saturated rings. The van der Waals surface area contributed by atoms with Gasteiger partial charge in [-0.2, -0.15) is 0 Å². The van der Waals surface area contributed by atoms with E-state index in [4.69, 9.17) is 16.6 Å². The molecule has 0 saturated heterocycles. The maximum absolute atomic E-state index is 6.01. The number of aryl methyl sites for hydroxylation is 1. The molecule has 0 aliphatic heterocycles. The van der Waals surface area contributed by atoms with Crippen molar-refractivity contribution >= 4 is 39.2 Å². The second-order valence-electron chi connectivity index (χ2n) is 5.42. The Hall–Kier alpha value is -1.58. The van der Waals surface area contributed by atoms with Crippen LogP contribution < -0.4 is 0 Å². The maximum Gasteiger partial charge on any atom is 0.132 e. The maximum atomic E-state index is 6.01. The molecule has 4 heteroatoms. The molecule has 2 nitrogen and oxygen atoms in total. The SMILES string of the molecule is C/C=C(\C)Br.C=CC/C=C/c1nc(C2=CC=C(Cl)C=CC2)cn1CC.CC.CC. The Labute approximate surface area is 192 Å². The predicted octanol–water partition coefficient (Wildman–Crippen LogP) is 9.32. The quantitative estimate of drug-likeness (QED) is 0.383. The summed E-state index contributed by atoms with van der Waals surface area (Å²) < 4.78 is 3.34. The summed E-state index contributed by atoms with van der Waals surface area (Å²) in [6.45, 7) is 18.7. The van der Waals surface area contributed by atoms with Gasteiger partial charge in [-0.15, -0.1) is 6.58 Å². The molecule has 162 valence electrons. The summed E-state index contributed by atoms with van der Waals surface area (Å²) in [7, 11) is 0. The zero-order chi connectivity index (χ0) is 22.7. The summed E-state index contributed by atoms with van der Waals surface area (Å²) in [5.41, 5.74) is 2.19. The molecular weight excluding hydrogens is 444 g/mol. The van der Waals surface area contributed by atoms with Gasteiger partial charge in [-0.05, 0) is 61.9 Å². The Kier molecular flexibility index (Phi) is 20.1. The van der Waals surface area contributed by atoms with E-state index in [0.29, 0.717) is 0 Å². The molecule has 0 saturated carbocycles. The van der Waals surface area contributed by atoms with Crippen molar-refractivity contribution in [3.8, 4) is 0 Å². The van der Waals surface area contributed by atoms with Crippen LogP contribution in [0.1, 0.15) is 72.8 Å². The Morgan fingerprint density at radius 3 is 2.41 bits per heavy atom. The summed E-state index contributed by atoms with van der Waals surface area (Å²) in [4.78, 5) is 4.71. The molecule has 0 radical (unpaired) electrons. The molecule has 0 aromatic carbocycles. The van der Waals surface area contributed by atoms with E-state index >= 15 is 0 Å². The Bertz CT molecular complexity index is 715. The number of nitrogens with zero attached hydrogens (tertiary/aromatic N) is 2. The van der Waals surface area contributed by atoms with E-state index in [1.54, 1.807) is 0 Å². The first-order valence-electron chi connectivity index (χ1n) is 10.4. The minimum atomic E-state index is 0.751. The van der Waals surface area contributed by atoms with Gasteiger partial charge in [0.05, 0.1) is 5.69 Å². The molecule has 29 heavy (non-hydrogen) atoms. The van der Waals surface area contributed by atoms with Gasteiger partial charge in [0, 0.05) is 17.8 Å². The van der Waals surface area contributed by atoms with Crippen molar-refractivity contribution in [1.82, 2.24) is 9.55 Å². The molecule has 0 bridgehead atoms. The monoisotopic (exact) mass is 480 g/mol. The van der Waals surface area contributed by atoms with Crippen molar-refractivity contribution in [1.29, 1.82) is 0 Å². The van der Waals surface area contributed by atoms with E-state index in [9.17, 15) is 0 Å². The van der Waals surface area contributed by atoms with E-state index in [1.807, 2.05) is 78.0 Å². The lowest BCUT2D eigenvalue weighted by Crippen LogP contribution is -1.94. The predicted molar refractivity (Wildman–Crippen MR) is 138 cm³/mol. The smallest absolute Gasteiger partial charge is 0.132 e. The van der Waals surface area contributed by atoms with Crippen LogP contribution in [0.5, 0.6) is 0 Å². The number of hydrogen-bond donors (Lipinski definition) is 0. The molecule has 2 rings (SSSR count). The third-order valence-electron chi connectivity index (χ3n) is 3.50. The van der Waals surface area contributed by atoms with Gasteiger partial charge in [-0.3, -0.25) is 0 Å². The highest BCUT2D eigenvalue weighted by molar-refractivity contribution is 9.11. The van der Waals surface area contributed by atoms with Crippen LogP contribution in [0, 0.1) is 0 Å². The first-order valence-corrected chi connectivity index (χ1v) is 11.5. The zero-order valence-electron chi connectivity index (χ0n) is 19.2. The lowest BCUT2D eigenvalue weighted by atomic mass is 10.1. The van der Waals surface area contributed by atoms with Crippen molar-refractivity contribution in [2.45, 2.75) is 67.9 Å². The largest absolute Gasteiger partial charge is 0.331 e. The van der Waals surface area contributed by atoms with Crippen molar-refractivity contribution < 1.29 is 0 Å². The molecule has 1 aromatic heterocycles. The van der Waals surface area contributed by atoms with Crippen LogP contribution in [0.2, 0.25) is 0 Å². The molecule has 1 aliphatic rings. The normalized spacial score (nSPS) is 12.9. The third-order valence-corrected chi connectivity index (χ3v) is 4.21. The van der Waals surface area contributed by atoms with Crippen LogP contribution in [-0.2, 0) is 6.54 Å². The standard InChI is InChI=1S/C17H19ClN2.C4H7Br.2C2H6/c1-3-5-6-10-17-19-16(13-20(17)4-2)14-8-7-9-15(18)12-11-14;1-3-4(2)5;2*1-2/h3,6-7,9-13H,1,4-5,8H2,2H3;3H,1-2H3;2*1-2H3/b10-6+;4-3+;;. The molecule has 0 atom stereocenters. The number of allylic oxidation sites excluding steroid dienone is 10. The fraction of sp³-hybridized carbons (Fsp3) is 0.400. The summed E-state index contributed by atoms with van der Waals surface area (Å²) in [5, 5.41) is 0.751. The average molecular weight is 482 g/mol. The van der Waals surface area contributed by atoms with Crippen molar-refractivity contribution in [3.63, 3.8) is 0 Å². The first kappa shape index (κ1) is 29.6. The second-order valence-corrected chi connectivity index (χ2v) is 7.11. The van der Waals surface area contributed by atoms with Gasteiger partial charge < -0.3 is 4.57 Å². The van der Waals surface area contributed by atoms with Crippen LogP contribution in [0.4, 0.5) is 0 Å². The average Bonchev–Trinajstić information content (AvgIpc) is 3.04. The number of rotatable bonds is 5. The molecule has 1 aromatic rings. The van der Waals surface area contributed by atoms with Crippen molar-refractivity contribution in [3.05, 3.63) is 76.3 Å². The molecule has 1 aliphatic carbocycles. The van der Waals surface area contributed by atoms with Gasteiger partial charge >= 0.3 is 0 Å². The highest BCUT2D eigenvalue weighted by Gasteiger charge is 2.09. The fourth-order valence-electron chi connectivity index (χ4n) is 2.03. The highest BCUT2D eigenvalue weighted by Crippen LogP contribution is 2.23. The zero-order valence-corrected chi connectivity index (χ0v) is 21.5. The Morgan fingerprint density at radius 1 is 1.28 bits per heavy atom. The van der Waals surface area contributed by atoms with Crippen LogP contribution in [-0.4, -0.2) is 9.55 Å². The summed E-state index contributed by atoms with van der Waals surface area (Å²) in [6.07, 6.45) is 19.7. The Balaban J connectivity index is 0. The molecule has 1 heterocycles. The second kappa shape index (κ2) is 19.7. The molecule has 0 unspecified atom stereocenters. The van der Waals surface area contributed by atoms with Gasteiger partial charge in [0.25, 0.3) is 0 Å². The van der Waals surface area contributed by atoms with E-state index in [1.165, 1.54) is 10.1 Å². The van der Waals surface area contributed by atoms with Crippen LogP contribution in [0.3, 0.4) is 0 Å². The van der Waals surface area contributed by atoms with Crippen LogP contribution >= 0.6 is 27.5 Å². The van der Waals surface area contributed by atoms with Crippen molar-refractivity contribution in [2.75, 3.05) is 0 Å². The van der Waals surface area contributed by atoms with E-state index in [-0.39, 0.29) is 0 Å². The number of hydrogen-bond acceptors (Lipinski definition) is 1. The van der Waals surface area contributed by atoms with E-state index < -0.39 is 0 Å². The third kappa shape index (κ3) is 13.3. The molecule has 0 N–H and O–H groups in total. The van der Waals surface area contributed by atoms with Gasteiger partial charge in [0.15, 0.2) is 0 Å². The van der Waals surface area contributed by atoms with Crippen LogP contribution in [0.25, 0.3) is 11.6 Å². The summed E-state index contributed by atoms with van der Waals surface area (Å²) in [6, 6.07) is 0. The highest BCUT2D eigenvalue weighted by atomic mass is 79.9. The lowest BCUT2D eigenvalue weighted by molar-refractivity contribution is 0.752. The number of halogens is 2.